The maximum atomic E-state index is 13.0. The molecule has 4 aromatic rings. The summed E-state index contributed by atoms with van der Waals surface area (Å²) in [5, 5.41) is 14.7. The highest BCUT2D eigenvalue weighted by molar-refractivity contribution is 5.94. The molecule has 0 saturated carbocycles. The van der Waals surface area contributed by atoms with Crippen LogP contribution in [0.1, 0.15) is 22.3 Å². The molecular formula is C25H22N2O5. The molecule has 0 aliphatic rings. The smallest absolute Gasteiger partial charge is 0.244 e. The van der Waals surface area contributed by atoms with E-state index in [1.165, 1.54) is 19.4 Å². The fourth-order valence-electron chi connectivity index (χ4n) is 3.55. The fraction of sp³-hybridized carbons (Fsp3) is 0.160. The van der Waals surface area contributed by atoms with E-state index >= 15 is 0 Å². The lowest BCUT2D eigenvalue weighted by atomic mass is 10.0. The average Bonchev–Trinajstić information content (AvgIpc) is 2.77. The monoisotopic (exact) mass is 430 g/mol. The highest BCUT2D eigenvalue weighted by Gasteiger charge is 2.15. The van der Waals surface area contributed by atoms with Gasteiger partial charge in [0.15, 0.2) is 11.5 Å². The zero-order valence-electron chi connectivity index (χ0n) is 17.9. The molecule has 0 spiro atoms. The summed E-state index contributed by atoms with van der Waals surface area (Å²) in [6.45, 7) is 3.87. The van der Waals surface area contributed by atoms with Gasteiger partial charge >= 0.3 is 0 Å². The lowest BCUT2D eigenvalue weighted by Crippen LogP contribution is -2.20. The van der Waals surface area contributed by atoms with Crippen LogP contribution in [0, 0.1) is 13.8 Å². The molecule has 0 bridgehead atoms. The van der Waals surface area contributed by atoms with Gasteiger partial charge in [0.2, 0.25) is 11.3 Å². The molecule has 0 aliphatic carbocycles. The van der Waals surface area contributed by atoms with Gasteiger partial charge in [-0.25, -0.2) is 5.43 Å². The van der Waals surface area contributed by atoms with Crippen molar-refractivity contribution in [3.8, 4) is 11.5 Å². The topological polar surface area (TPSA) is 101 Å². The van der Waals surface area contributed by atoms with E-state index in [1.807, 2.05) is 19.9 Å². The Labute approximate surface area is 183 Å². The van der Waals surface area contributed by atoms with Gasteiger partial charge < -0.3 is 14.3 Å². The molecule has 0 aliphatic heterocycles. The van der Waals surface area contributed by atoms with Gasteiger partial charge in [-0.05, 0) is 60.9 Å². The number of aryl methyl sites for hydroxylation is 2. The summed E-state index contributed by atoms with van der Waals surface area (Å²) in [5.41, 5.74) is 6.38. The first-order valence-electron chi connectivity index (χ1n) is 10.0. The standard InChI is InChI=1S/C25H22N2O5/c1-14-7-9-19-23(30)18-6-4-5-17(25(18)32-24(19)15(14)2)12-22(29)27-26-13-16-8-10-21(31-3)20(28)11-16/h4-11,13,28H,12H2,1-3H3,(H,27,29)/b26-13+. The quantitative estimate of drug-likeness (QED) is 0.283. The van der Waals surface area contributed by atoms with Crippen LogP contribution in [0.15, 0.2) is 62.8 Å². The van der Waals surface area contributed by atoms with Gasteiger partial charge in [0.05, 0.1) is 30.5 Å². The minimum absolute atomic E-state index is 0.0121. The molecule has 1 heterocycles. The Balaban J connectivity index is 1.60. The van der Waals surface area contributed by atoms with Crippen molar-refractivity contribution in [2.24, 2.45) is 5.10 Å². The molecule has 0 saturated heterocycles. The second-order valence-electron chi connectivity index (χ2n) is 7.51. The third-order valence-corrected chi connectivity index (χ3v) is 5.42. The zero-order valence-corrected chi connectivity index (χ0v) is 17.9. The number of amides is 1. The normalized spacial score (nSPS) is 11.3. The van der Waals surface area contributed by atoms with Gasteiger partial charge in [0, 0.05) is 5.56 Å². The second-order valence-corrected chi connectivity index (χ2v) is 7.51. The Bertz CT molecular complexity index is 1440. The number of fused-ring (bicyclic) bond motifs is 2. The van der Waals surface area contributed by atoms with Crippen LogP contribution < -0.4 is 15.6 Å². The molecule has 0 radical (unpaired) electrons. The number of hydrogen-bond donors (Lipinski definition) is 2. The fourth-order valence-corrected chi connectivity index (χ4v) is 3.55. The first-order valence-corrected chi connectivity index (χ1v) is 10.0. The maximum Gasteiger partial charge on any atom is 0.244 e. The van der Waals surface area contributed by atoms with Crippen molar-refractivity contribution in [1.29, 1.82) is 0 Å². The molecule has 1 aromatic heterocycles. The van der Waals surface area contributed by atoms with Crippen LogP contribution in [0.25, 0.3) is 21.9 Å². The van der Waals surface area contributed by atoms with Crippen molar-refractivity contribution in [2.75, 3.05) is 7.11 Å². The first kappa shape index (κ1) is 21.1. The summed E-state index contributed by atoms with van der Waals surface area (Å²) < 4.78 is 11.1. The van der Waals surface area contributed by atoms with Gasteiger partial charge in [-0.1, -0.05) is 18.2 Å². The molecule has 0 fully saturated rings. The Hall–Kier alpha value is -4.13. The van der Waals surface area contributed by atoms with Gasteiger partial charge in [0.1, 0.15) is 11.2 Å². The maximum absolute atomic E-state index is 13.0. The van der Waals surface area contributed by atoms with Crippen LogP contribution in [0.5, 0.6) is 11.5 Å². The summed E-state index contributed by atoms with van der Waals surface area (Å²) in [5.74, 6) is -0.0388. The summed E-state index contributed by atoms with van der Waals surface area (Å²) in [6, 6.07) is 13.6. The number of para-hydroxylation sites is 1. The first-order chi connectivity index (χ1) is 15.4. The highest BCUT2D eigenvalue weighted by Crippen LogP contribution is 2.26. The van der Waals surface area contributed by atoms with Crippen LogP contribution in [-0.4, -0.2) is 24.3 Å². The summed E-state index contributed by atoms with van der Waals surface area (Å²) >= 11 is 0. The predicted octanol–water partition coefficient (Wildman–Crippen LogP) is 3.97. The molecule has 7 nitrogen and oxygen atoms in total. The van der Waals surface area contributed by atoms with Crippen molar-refractivity contribution in [2.45, 2.75) is 20.3 Å². The molecule has 2 N–H and O–H groups in total. The lowest BCUT2D eigenvalue weighted by molar-refractivity contribution is -0.120. The Morgan fingerprint density at radius 3 is 2.66 bits per heavy atom. The second kappa shape index (κ2) is 8.55. The van der Waals surface area contributed by atoms with Crippen molar-refractivity contribution in [3.05, 3.63) is 81.0 Å². The SMILES string of the molecule is COc1ccc(/C=N/NC(=O)Cc2cccc3c(=O)c4ccc(C)c(C)c4oc23)cc1O. The van der Waals surface area contributed by atoms with Crippen molar-refractivity contribution in [3.63, 3.8) is 0 Å². The number of ether oxygens (including phenoxy) is 1. The van der Waals surface area contributed by atoms with E-state index < -0.39 is 0 Å². The van der Waals surface area contributed by atoms with Crippen LogP contribution in [0.2, 0.25) is 0 Å². The van der Waals surface area contributed by atoms with Crippen molar-refractivity contribution in [1.82, 2.24) is 5.43 Å². The van der Waals surface area contributed by atoms with Gasteiger partial charge in [-0.3, -0.25) is 9.59 Å². The van der Waals surface area contributed by atoms with Gasteiger partial charge in [-0.2, -0.15) is 5.10 Å². The van der Waals surface area contributed by atoms with E-state index in [0.29, 0.717) is 38.8 Å². The van der Waals surface area contributed by atoms with E-state index in [-0.39, 0.29) is 23.5 Å². The third-order valence-electron chi connectivity index (χ3n) is 5.42. The van der Waals surface area contributed by atoms with E-state index in [9.17, 15) is 14.7 Å². The van der Waals surface area contributed by atoms with E-state index in [4.69, 9.17) is 9.15 Å². The number of aromatic hydroxyl groups is 1. The minimum Gasteiger partial charge on any atom is -0.504 e. The van der Waals surface area contributed by atoms with Crippen LogP contribution in [0.4, 0.5) is 0 Å². The molecular weight excluding hydrogens is 408 g/mol. The Morgan fingerprint density at radius 2 is 1.91 bits per heavy atom. The van der Waals surface area contributed by atoms with E-state index in [0.717, 1.165) is 11.1 Å². The molecule has 1 amide bonds. The van der Waals surface area contributed by atoms with E-state index in [1.54, 1.807) is 36.4 Å². The number of nitrogens with one attached hydrogen (secondary N) is 1. The number of carbonyl (C=O) groups excluding carboxylic acids is 1. The lowest BCUT2D eigenvalue weighted by Gasteiger charge is -2.09. The van der Waals surface area contributed by atoms with Crippen LogP contribution >= 0.6 is 0 Å². The highest BCUT2D eigenvalue weighted by atomic mass is 16.5. The minimum atomic E-state index is -0.366. The number of hydrazone groups is 1. The number of nitrogens with zero attached hydrogens (tertiary/aromatic N) is 1. The summed E-state index contributed by atoms with van der Waals surface area (Å²) in [6.07, 6.45) is 1.40. The number of hydrogen-bond acceptors (Lipinski definition) is 6. The largest absolute Gasteiger partial charge is 0.504 e. The number of benzene rings is 3. The van der Waals surface area contributed by atoms with E-state index in [2.05, 4.69) is 10.5 Å². The molecule has 162 valence electrons. The summed E-state index contributed by atoms with van der Waals surface area (Å²) in [4.78, 5) is 25.4. The number of carbonyl (C=O) groups is 1. The average molecular weight is 430 g/mol. The number of rotatable bonds is 5. The Kier molecular flexibility index (Phi) is 5.64. The molecule has 3 aromatic carbocycles. The van der Waals surface area contributed by atoms with Gasteiger partial charge in [0.25, 0.3) is 0 Å². The number of phenolic OH excluding ortho intramolecular Hbond substituents is 1. The number of methoxy groups -OCH3 is 1. The third kappa shape index (κ3) is 3.92. The zero-order chi connectivity index (χ0) is 22.8. The predicted molar refractivity (Wildman–Crippen MR) is 124 cm³/mol. The molecule has 7 heteroatoms. The summed E-state index contributed by atoms with van der Waals surface area (Å²) in [7, 11) is 1.46. The van der Waals surface area contributed by atoms with Crippen LogP contribution in [0.3, 0.4) is 0 Å². The Morgan fingerprint density at radius 1 is 1.12 bits per heavy atom. The van der Waals surface area contributed by atoms with Crippen LogP contribution in [-0.2, 0) is 11.2 Å². The molecule has 0 atom stereocenters. The molecule has 0 unspecified atom stereocenters. The molecule has 4 rings (SSSR count). The van der Waals surface area contributed by atoms with Crippen molar-refractivity contribution >= 4 is 34.1 Å². The van der Waals surface area contributed by atoms with Gasteiger partial charge in [-0.15, -0.1) is 0 Å². The number of phenols is 1. The van der Waals surface area contributed by atoms with Crippen molar-refractivity contribution < 1.29 is 19.1 Å². The molecule has 32 heavy (non-hydrogen) atoms.